The molecule has 0 saturated carbocycles. The van der Waals surface area contributed by atoms with Crippen molar-refractivity contribution in [3.05, 3.63) is 58.1 Å². The Labute approximate surface area is 128 Å². The van der Waals surface area contributed by atoms with Gasteiger partial charge in [-0.3, -0.25) is 0 Å². The third-order valence-corrected chi connectivity index (χ3v) is 3.63. The van der Waals surface area contributed by atoms with Crippen molar-refractivity contribution in [1.82, 2.24) is 0 Å². The topological polar surface area (TPSA) is 41.5 Å². The quantitative estimate of drug-likeness (QED) is 0.871. The minimum atomic E-state index is -0.410. The van der Waals surface area contributed by atoms with Crippen molar-refractivity contribution in [2.24, 2.45) is 0 Å². The molecule has 0 aromatic heterocycles. The first-order valence-electron chi connectivity index (χ1n) is 6.11. The van der Waals surface area contributed by atoms with Crippen LogP contribution in [0.5, 0.6) is 5.75 Å². The van der Waals surface area contributed by atoms with Crippen LogP contribution in [0, 0.1) is 0 Å². The van der Waals surface area contributed by atoms with Crippen molar-refractivity contribution in [2.45, 2.75) is 6.04 Å². The summed E-state index contributed by atoms with van der Waals surface area (Å²) in [5, 5.41) is 13.9. The number of aliphatic hydroxyl groups excluding tert-OH is 1. The molecule has 2 N–H and O–H groups in total. The summed E-state index contributed by atoms with van der Waals surface area (Å²) in [7, 11) is 1.59. The van der Waals surface area contributed by atoms with Gasteiger partial charge >= 0.3 is 0 Å². The van der Waals surface area contributed by atoms with Gasteiger partial charge in [0, 0.05) is 15.6 Å². The zero-order chi connectivity index (χ0) is 14.5. The van der Waals surface area contributed by atoms with E-state index < -0.39 is 6.04 Å². The molecule has 0 fully saturated rings. The first kappa shape index (κ1) is 15.0. The van der Waals surface area contributed by atoms with Crippen LogP contribution in [-0.4, -0.2) is 18.8 Å². The number of nitrogens with one attached hydrogen (secondary N) is 1. The molecule has 5 heteroatoms. The third-order valence-electron chi connectivity index (χ3n) is 2.97. The van der Waals surface area contributed by atoms with Crippen molar-refractivity contribution < 1.29 is 9.84 Å². The number of ether oxygens (including phenoxy) is 1. The van der Waals surface area contributed by atoms with Crippen molar-refractivity contribution in [2.75, 3.05) is 19.0 Å². The Morgan fingerprint density at radius 2 is 1.75 bits per heavy atom. The number of benzene rings is 2. The molecule has 2 rings (SSSR count). The van der Waals surface area contributed by atoms with Crippen molar-refractivity contribution in [3.8, 4) is 5.75 Å². The summed E-state index contributed by atoms with van der Waals surface area (Å²) < 4.78 is 5.28. The monoisotopic (exact) mass is 311 g/mol. The van der Waals surface area contributed by atoms with Crippen LogP contribution in [0.4, 0.5) is 5.69 Å². The Morgan fingerprint density at radius 3 is 2.35 bits per heavy atom. The minimum Gasteiger partial charge on any atom is -0.495 e. The summed E-state index contributed by atoms with van der Waals surface area (Å²) >= 11 is 12.4. The van der Waals surface area contributed by atoms with Crippen molar-refractivity contribution in [1.29, 1.82) is 0 Å². The van der Waals surface area contributed by atoms with Gasteiger partial charge in [0.1, 0.15) is 5.75 Å². The molecular formula is C15H15Cl2NO2. The van der Waals surface area contributed by atoms with E-state index in [4.69, 9.17) is 27.9 Å². The third kappa shape index (κ3) is 3.18. The Hall–Kier alpha value is -1.42. The normalized spacial score (nSPS) is 12.0. The van der Waals surface area contributed by atoms with Crippen LogP contribution >= 0.6 is 23.2 Å². The molecule has 3 nitrogen and oxygen atoms in total. The summed E-state index contributed by atoms with van der Waals surface area (Å²) in [6.45, 7) is -0.137. The number of halogens is 2. The SMILES string of the molecule is COc1ccccc1NC(CO)c1c(Cl)cccc1Cl. The number of para-hydroxylation sites is 2. The molecule has 0 saturated heterocycles. The minimum absolute atomic E-state index is 0.137. The highest BCUT2D eigenvalue weighted by Crippen LogP contribution is 2.34. The maximum Gasteiger partial charge on any atom is 0.141 e. The number of aliphatic hydroxyl groups is 1. The van der Waals surface area contributed by atoms with Crippen LogP contribution in [-0.2, 0) is 0 Å². The number of anilines is 1. The van der Waals surface area contributed by atoms with Gasteiger partial charge in [0.25, 0.3) is 0 Å². The highest BCUT2D eigenvalue weighted by Gasteiger charge is 2.18. The molecule has 1 atom stereocenters. The molecule has 0 aliphatic heterocycles. The van der Waals surface area contributed by atoms with Gasteiger partial charge in [0.15, 0.2) is 0 Å². The molecule has 2 aromatic rings. The van der Waals surface area contributed by atoms with E-state index in [0.717, 1.165) is 5.69 Å². The number of hydrogen-bond acceptors (Lipinski definition) is 3. The molecule has 106 valence electrons. The second-order valence-electron chi connectivity index (χ2n) is 4.22. The van der Waals surface area contributed by atoms with Crippen LogP contribution in [0.2, 0.25) is 10.0 Å². The average Bonchev–Trinajstić information content (AvgIpc) is 2.46. The molecule has 2 aromatic carbocycles. The Morgan fingerprint density at radius 1 is 1.10 bits per heavy atom. The molecule has 0 aliphatic rings. The molecular weight excluding hydrogens is 297 g/mol. The zero-order valence-electron chi connectivity index (χ0n) is 10.9. The van der Waals surface area contributed by atoms with Gasteiger partial charge in [-0.05, 0) is 24.3 Å². The van der Waals surface area contributed by atoms with Gasteiger partial charge in [0.2, 0.25) is 0 Å². The number of rotatable bonds is 5. The Balaban J connectivity index is 2.34. The van der Waals surface area contributed by atoms with Gasteiger partial charge < -0.3 is 15.2 Å². The fraction of sp³-hybridized carbons (Fsp3) is 0.200. The van der Waals surface area contributed by atoms with Gasteiger partial charge in [-0.25, -0.2) is 0 Å². The predicted octanol–water partition coefficient (Wildman–Crippen LogP) is 4.15. The van der Waals surface area contributed by atoms with Crippen molar-refractivity contribution in [3.63, 3.8) is 0 Å². The summed E-state index contributed by atoms with van der Waals surface area (Å²) in [6, 6.07) is 12.3. The van der Waals surface area contributed by atoms with Crippen LogP contribution in [0.15, 0.2) is 42.5 Å². The molecule has 0 radical (unpaired) electrons. The second-order valence-corrected chi connectivity index (χ2v) is 5.03. The van der Waals surface area contributed by atoms with Crippen LogP contribution in [0.1, 0.15) is 11.6 Å². The predicted molar refractivity (Wildman–Crippen MR) is 82.9 cm³/mol. The van der Waals surface area contributed by atoms with Gasteiger partial charge in [-0.15, -0.1) is 0 Å². The standard InChI is InChI=1S/C15H15Cl2NO2/c1-20-14-8-3-2-7-12(14)18-13(9-19)15-10(16)5-4-6-11(15)17/h2-8,13,18-19H,9H2,1H3. The first-order valence-corrected chi connectivity index (χ1v) is 6.87. The number of hydrogen-bond donors (Lipinski definition) is 2. The van der Waals surface area contributed by atoms with E-state index in [0.29, 0.717) is 21.4 Å². The lowest BCUT2D eigenvalue weighted by Gasteiger charge is -2.21. The fourth-order valence-corrected chi connectivity index (χ4v) is 2.67. The lowest BCUT2D eigenvalue weighted by atomic mass is 10.1. The lowest BCUT2D eigenvalue weighted by molar-refractivity contribution is 0.276. The largest absolute Gasteiger partial charge is 0.495 e. The van der Waals surface area contributed by atoms with E-state index in [-0.39, 0.29) is 6.61 Å². The maximum atomic E-state index is 9.63. The fourth-order valence-electron chi connectivity index (χ4n) is 2.00. The van der Waals surface area contributed by atoms with E-state index in [1.54, 1.807) is 25.3 Å². The van der Waals surface area contributed by atoms with E-state index in [2.05, 4.69) is 5.32 Å². The molecule has 0 bridgehead atoms. The van der Waals surface area contributed by atoms with Crippen LogP contribution < -0.4 is 10.1 Å². The molecule has 1 unspecified atom stereocenters. The lowest BCUT2D eigenvalue weighted by Crippen LogP contribution is -2.16. The van der Waals surface area contributed by atoms with Crippen LogP contribution in [0.25, 0.3) is 0 Å². The molecule has 0 aliphatic carbocycles. The van der Waals surface area contributed by atoms with Gasteiger partial charge in [0.05, 0.1) is 25.4 Å². The second kappa shape index (κ2) is 6.84. The first-order chi connectivity index (χ1) is 9.67. The van der Waals surface area contributed by atoms with E-state index in [9.17, 15) is 5.11 Å². The summed E-state index contributed by atoms with van der Waals surface area (Å²) in [5.41, 5.74) is 1.44. The maximum absolute atomic E-state index is 9.63. The van der Waals surface area contributed by atoms with Crippen molar-refractivity contribution >= 4 is 28.9 Å². The average molecular weight is 312 g/mol. The summed E-state index contributed by atoms with van der Waals surface area (Å²) in [5.74, 6) is 0.689. The van der Waals surface area contributed by atoms with E-state index in [1.807, 2.05) is 24.3 Å². The van der Waals surface area contributed by atoms with E-state index >= 15 is 0 Å². The zero-order valence-corrected chi connectivity index (χ0v) is 12.4. The molecule has 0 heterocycles. The summed E-state index contributed by atoms with van der Waals surface area (Å²) in [4.78, 5) is 0. The number of methoxy groups -OCH3 is 1. The molecule has 0 amide bonds. The smallest absolute Gasteiger partial charge is 0.141 e. The van der Waals surface area contributed by atoms with Gasteiger partial charge in [-0.1, -0.05) is 41.4 Å². The highest BCUT2D eigenvalue weighted by molar-refractivity contribution is 6.36. The van der Waals surface area contributed by atoms with E-state index in [1.165, 1.54) is 0 Å². The molecule has 20 heavy (non-hydrogen) atoms. The molecule has 0 spiro atoms. The summed E-state index contributed by atoms with van der Waals surface area (Å²) in [6.07, 6.45) is 0. The Kier molecular flexibility index (Phi) is 5.12. The highest BCUT2D eigenvalue weighted by atomic mass is 35.5. The van der Waals surface area contributed by atoms with Gasteiger partial charge in [-0.2, -0.15) is 0 Å². The van der Waals surface area contributed by atoms with Crippen LogP contribution in [0.3, 0.4) is 0 Å². The Bertz CT molecular complexity index is 570.